The molecule has 1 saturated heterocycles. The van der Waals surface area contributed by atoms with E-state index in [2.05, 4.69) is 10.2 Å². The van der Waals surface area contributed by atoms with Gasteiger partial charge in [-0.25, -0.2) is 0 Å². The molecule has 0 spiro atoms. The minimum atomic E-state index is -0.639. The van der Waals surface area contributed by atoms with E-state index in [1.165, 1.54) is 12.8 Å². The Morgan fingerprint density at radius 3 is 2.53 bits per heavy atom. The number of rotatable bonds is 4. The molecule has 0 aromatic rings. The molecule has 4 heteroatoms. The molecule has 2 aliphatic carbocycles. The monoisotopic (exact) mass is 238 g/mol. The maximum Gasteiger partial charge on any atom is 0.323 e. The summed E-state index contributed by atoms with van der Waals surface area (Å²) in [5, 5.41) is 12.9. The van der Waals surface area contributed by atoms with Gasteiger partial charge < -0.3 is 5.11 Å². The molecule has 0 amide bonds. The molecule has 17 heavy (non-hydrogen) atoms. The van der Waals surface area contributed by atoms with Gasteiger partial charge in [-0.05, 0) is 32.1 Å². The Kier molecular flexibility index (Phi) is 2.87. The highest BCUT2D eigenvalue weighted by atomic mass is 16.4. The van der Waals surface area contributed by atoms with Crippen molar-refractivity contribution in [2.75, 3.05) is 13.1 Å². The lowest BCUT2D eigenvalue weighted by atomic mass is 9.96. The van der Waals surface area contributed by atoms with Crippen molar-refractivity contribution >= 4 is 5.97 Å². The van der Waals surface area contributed by atoms with Gasteiger partial charge in [-0.1, -0.05) is 12.8 Å². The molecular weight excluding hydrogens is 216 g/mol. The van der Waals surface area contributed by atoms with Gasteiger partial charge in [0.2, 0.25) is 0 Å². The molecule has 0 bridgehead atoms. The number of nitrogens with zero attached hydrogens (tertiary/aromatic N) is 1. The first kappa shape index (κ1) is 11.5. The minimum Gasteiger partial charge on any atom is -0.480 e. The van der Waals surface area contributed by atoms with E-state index in [4.69, 9.17) is 0 Å². The zero-order valence-electron chi connectivity index (χ0n) is 10.3. The van der Waals surface area contributed by atoms with Crippen LogP contribution in [-0.2, 0) is 4.79 Å². The van der Waals surface area contributed by atoms with Crippen LogP contribution in [0.4, 0.5) is 0 Å². The van der Waals surface area contributed by atoms with Gasteiger partial charge in [-0.15, -0.1) is 0 Å². The Labute approximate surface area is 102 Å². The molecule has 1 atom stereocenters. The predicted octanol–water partition coefficient (Wildman–Crippen LogP) is 1.21. The first-order valence-corrected chi connectivity index (χ1v) is 6.95. The van der Waals surface area contributed by atoms with Gasteiger partial charge in [-0.2, -0.15) is 0 Å². The average molecular weight is 238 g/mol. The molecule has 96 valence electrons. The zero-order valence-corrected chi connectivity index (χ0v) is 10.3. The lowest BCUT2D eigenvalue weighted by Gasteiger charge is -2.29. The zero-order chi connectivity index (χ0) is 11.9. The summed E-state index contributed by atoms with van der Waals surface area (Å²) in [6.07, 6.45) is 7.53. The highest BCUT2D eigenvalue weighted by molar-refractivity contribution is 5.79. The standard InChI is InChI=1S/C13H22N2O2/c16-12(17)13(6-1-2-7-13)14-10-5-8-15(9-10)11-3-4-11/h10-11,14H,1-9H2,(H,16,17). The van der Waals surface area contributed by atoms with Crippen molar-refractivity contribution in [1.82, 2.24) is 10.2 Å². The quantitative estimate of drug-likeness (QED) is 0.773. The highest BCUT2D eigenvalue weighted by Gasteiger charge is 2.44. The van der Waals surface area contributed by atoms with Crippen LogP contribution in [0.5, 0.6) is 0 Å². The van der Waals surface area contributed by atoms with E-state index in [1.807, 2.05) is 0 Å². The Morgan fingerprint density at radius 1 is 1.24 bits per heavy atom. The molecule has 4 nitrogen and oxygen atoms in total. The largest absolute Gasteiger partial charge is 0.480 e. The Morgan fingerprint density at radius 2 is 1.94 bits per heavy atom. The smallest absolute Gasteiger partial charge is 0.323 e. The third kappa shape index (κ3) is 2.20. The lowest BCUT2D eigenvalue weighted by Crippen LogP contribution is -2.54. The molecule has 3 fully saturated rings. The van der Waals surface area contributed by atoms with Crippen LogP contribution in [-0.4, -0.2) is 46.7 Å². The molecule has 1 unspecified atom stereocenters. The van der Waals surface area contributed by atoms with Crippen molar-refractivity contribution in [1.29, 1.82) is 0 Å². The summed E-state index contributed by atoms with van der Waals surface area (Å²) in [4.78, 5) is 14.0. The summed E-state index contributed by atoms with van der Waals surface area (Å²) in [6.45, 7) is 2.21. The van der Waals surface area contributed by atoms with Gasteiger partial charge in [0.15, 0.2) is 0 Å². The van der Waals surface area contributed by atoms with Crippen molar-refractivity contribution in [3.05, 3.63) is 0 Å². The van der Waals surface area contributed by atoms with E-state index in [0.717, 1.165) is 51.2 Å². The number of hydrogen-bond acceptors (Lipinski definition) is 3. The lowest BCUT2D eigenvalue weighted by molar-refractivity contribution is -0.145. The van der Waals surface area contributed by atoms with Crippen LogP contribution in [0.3, 0.4) is 0 Å². The fourth-order valence-electron chi connectivity index (χ4n) is 3.47. The topological polar surface area (TPSA) is 52.6 Å². The van der Waals surface area contributed by atoms with Crippen LogP contribution >= 0.6 is 0 Å². The first-order chi connectivity index (χ1) is 8.20. The number of carboxylic acids is 1. The summed E-state index contributed by atoms with van der Waals surface area (Å²) >= 11 is 0. The second-order valence-electron chi connectivity index (χ2n) is 5.95. The molecule has 1 aliphatic heterocycles. The molecule has 1 heterocycles. The number of likely N-dealkylation sites (tertiary alicyclic amines) is 1. The molecule has 3 rings (SSSR count). The molecule has 3 aliphatic rings. The number of carboxylic acid groups (broad SMARTS) is 1. The summed E-state index contributed by atoms with van der Waals surface area (Å²) in [5.41, 5.74) is -0.607. The fourth-order valence-corrected chi connectivity index (χ4v) is 3.47. The van der Waals surface area contributed by atoms with Crippen molar-refractivity contribution < 1.29 is 9.90 Å². The number of aliphatic carboxylic acids is 1. The summed E-state index contributed by atoms with van der Waals surface area (Å²) in [5.74, 6) is -0.639. The fraction of sp³-hybridized carbons (Fsp3) is 0.923. The Bertz CT molecular complexity index is 309. The molecule has 2 N–H and O–H groups in total. The van der Waals surface area contributed by atoms with E-state index >= 15 is 0 Å². The summed E-state index contributed by atoms with van der Waals surface area (Å²) in [6, 6.07) is 1.20. The van der Waals surface area contributed by atoms with Crippen molar-refractivity contribution in [3.8, 4) is 0 Å². The normalized spacial score (nSPS) is 33.1. The molecule has 0 aromatic heterocycles. The second kappa shape index (κ2) is 4.25. The first-order valence-electron chi connectivity index (χ1n) is 6.95. The molecule has 2 saturated carbocycles. The number of nitrogens with one attached hydrogen (secondary N) is 1. The van der Waals surface area contributed by atoms with E-state index in [0.29, 0.717) is 6.04 Å². The van der Waals surface area contributed by atoms with Crippen molar-refractivity contribution in [2.24, 2.45) is 0 Å². The Balaban J connectivity index is 1.60. The molecule has 0 aromatic carbocycles. The van der Waals surface area contributed by atoms with Gasteiger partial charge >= 0.3 is 5.97 Å². The van der Waals surface area contributed by atoms with Gasteiger partial charge in [0, 0.05) is 25.2 Å². The van der Waals surface area contributed by atoms with Crippen molar-refractivity contribution in [2.45, 2.75) is 62.6 Å². The summed E-state index contributed by atoms with van der Waals surface area (Å²) in [7, 11) is 0. The maximum atomic E-state index is 11.5. The third-order valence-electron chi connectivity index (χ3n) is 4.63. The van der Waals surface area contributed by atoms with Crippen molar-refractivity contribution in [3.63, 3.8) is 0 Å². The highest BCUT2D eigenvalue weighted by Crippen LogP contribution is 2.33. The van der Waals surface area contributed by atoms with Crippen LogP contribution in [0, 0.1) is 0 Å². The van der Waals surface area contributed by atoms with Gasteiger partial charge in [0.25, 0.3) is 0 Å². The maximum absolute atomic E-state index is 11.5. The average Bonchev–Trinajstić information content (AvgIpc) is 2.87. The third-order valence-corrected chi connectivity index (χ3v) is 4.63. The van der Waals surface area contributed by atoms with Crippen LogP contribution in [0.25, 0.3) is 0 Å². The van der Waals surface area contributed by atoms with Gasteiger partial charge in [0.05, 0.1) is 0 Å². The minimum absolute atomic E-state index is 0.393. The number of hydrogen-bond donors (Lipinski definition) is 2. The van der Waals surface area contributed by atoms with Gasteiger partial charge in [0.1, 0.15) is 5.54 Å². The molecular formula is C13H22N2O2. The SMILES string of the molecule is O=C(O)C1(NC2CCN(C3CC3)C2)CCCC1. The van der Waals surface area contributed by atoms with E-state index in [-0.39, 0.29) is 0 Å². The second-order valence-corrected chi connectivity index (χ2v) is 5.95. The number of carbonyl (C=O) groups is 1. The van der Waals surface area contributed by atoms with E-state index in [1.54, 1.807) is 0 Å². The predicted molar refractivity (Wildman–Crippen MR) is 65.0 cm³/mol. The summed E-state index contributed by atoms with van der Waals surface area (Å²) < 4.78 is 0. The Hall–Kier alpha value is -0.610. The van der Waals surface area contributed by atoms with Gasteiger partial charge in [-0.3, -0.25) is 15.0 Å². The molecule has 0 radical (unpaired) electrons. The van der Waals surface area contributed by atoms with Crippen LogP contribution < -0.4 is 5.32 Å². The van der Waals surface area contributed by atoms with E-state index in [9.17, 15) is 9.90 Å². The van der Waals surface area contributed by atoms with E-state index < -0.39 is 11.5 Å². The van der Waals surface area contributed by atoms with Crippen LogP contribution in [0.2, 0.25) is 0 Å². The van der Waals surface area contributed by atoms with Crippen LogP contribution in [0.15, 0.2) is 0 Å². The van der Waals surface area contributed by atoms with Crippen LogP contribution in [0.1, 0.15) is 44.9 Å².